The minimum Gasteiger partial charge on any atom is -0.547 e. The molecule has 12 atom stereocenters. The number of carboxylic acid groups (broad SMARTS) is 1. The van der Waals surface area contributed by atoms with E-state index in [0.717, 1.165) is 57.8 Å². The summed E-state index contributed by atoms with van der Waals surface area (Å²) in [5.74, 6) is -2.12. The average molecular weight is 654 g/mol. The molecule has 258 valence electrons. The molecule has 3 saturated carbocycles. The highest BCUT2D eigenvalue weighted by Crippen LogP contribution is 2.44. The molecule has 0 amide bonds. The molecule has 0 aromatic rings. The van der Waals surface area contributed by atoms with Crippen molar-refractivity contribution in [3.8, 4) is 0 Å². The summed E-state index contributed by atoms with van der Waals surface area (Å²) in [6.45, 7) is 1.21. The van der Waals surface area contributed by atoms with Gasteiger partial charge in [-0.15, -0.1) is 0 Å². The van der Waals surface area contributed by atoms with E-state index in [2.05, 4.69) is 10.3 Å². The highest BCUT2D eigenvalue weighted by atomic mass is 16.7. The van der Waals surface area contributed by atoms with Gasteiger partial charge in [-0.2, -0.15) is 0 Å². The van der Waals surface area contributed by atoms with Gasteiger partial charge in [0.2, 0.25) is 0 Å². The van der Waals surface area contributed by atoms with E-state index in [1.165, 1.54) is 12.9 Å². The summed E-state index contributed by atoms with van der Waals surface area (Å²) in [6, 6.07) is 0.188. The standard InChI is InChI=1S/C32H48N2O12/c1-42-18-9-7-16(8-10-18)21-11-20(35)24-22(44-21)12-23(27(25(24)36)43-19-5-3-2-4-6-19)45-31-26(37)28(38)32(41,29(46-31)30(39)40)13-17-14-33-15-34-17/h14-16,18-29,31,35-38,41H,2-13H2,1H3/p+1. The molecule has 14 heteroatoms. The van der Waals surface area contributed by atoms with Gasteiger partial charge < -0.3 is 59.1 Å². The molecule has 0 aromatic carbocycles. The maximum atomic E-state index is 12.2. The van der Waals surface area contributed by atoms with Crippen LogP contribution >= 0.6 is 0 Å². The van der Waals surface area contributed by atoms with Crippen LogP contribution in [0.15, 0.2) is 4.99 Å². The SMILES string of the molecule is COC1CCC(C2CC(O)C3C(CC(OC4OC(C(=O)[O-])C(O)(C[C+]5C=N[CH+][N-]5)C(O)C4O)C(OC4CCCCC4)C3O)[OH+]2)CC1. The number of carboxylic acids is 1. The normalized spacial score (nSPS) is 46.9. The summed E-state index contributed by atoms with van der Waals surface area (Å²) >= 11 is 0. The highest BCUT2D eigenvalue weighted by molar-refractivity contribution is 5.82. The molecule has 3 aliphatic carbocycles. The Morgan fingerprint density at radius 2 is 1.78 bits per heavy atom. The Balaban J connectivity index is 1.21. The summed E-state index contributed by atoms with van der Waals surface area (Å²) in [5.41, 5.74) is -2.49. The first-order chi connectivity index (χ1) is 22.1. The van der Waals surface area contributed by atoms with Crippen molar-refractivity contribution >= 4 is 12.2 Å². The predicted molar refractivity (Wildman–Crippen MR) is 159 cm³/mol. The lowest BCUT2D eigenvalue weighted by molar-refractivity contribution is -0.380. The van der Waals surface area contributed by atoms with Gasteiger partial charge in [-0.05, 0) is 38.5 Å². The Kier molecular flexibility index (Phi) is 10.8. The number of carbonyl (C=O) groups excluding carboxylic acids is 1. The van der Waals surface area contributed by atoms with Gasteiger partial charge in [-0.1, -0.05) is 24.3 Å². The van der Waals surface area contributed by atoms with E-state index in [-0.39, 0.29) is 36.7 Å². The zero-order valence-electron chi connectivity index (χ0n) is 26.3. The fourth-order valence-electron chi connectivity index (χ4n) is 8.61. The van der Waals surface area contributed by atoms with Crippen molar-refractivity contribution in [3.63, 3.8) is 0 Å². The number of fused-ring (bicyclic) bond motifs is 1. The number of hydrogen-bond donors (Lipinski definition) is 5. The zero-order valence-corrected chi connectivity index (χ0v) is 26.3. The molecule has 12 unspecified atom stereocenters. The third-order valence-electron chi connectivity index (χ3n) is 11.2. The summed E-state index contributed by atoms with van der Waals surface area (Å²) in [4.78, 5) is 16.0. The minimum absolute atomic E-state index is 0.104. The fourth-order valence-corrected chi connectivity index (χ4v) is 8.61. The molecule has 6 rings (SSSR count). The van der Waals surface area contributed by atoms with Crippen LogP contribution in [0.4, 0.5) is 0 Å². The number of aliphatic hydroxyl groups is 7. The van der Waals surface area contributed by atoms with Crippen molar-refractivity contribution in [1.29, 1.82) is 0 Å². The summed E-state index contributed by atoms with van der Waals surface area (Å²) in [5, 5.41) is 72.9. The molecule has 0 spiro atoms. The highest BCUT2D eigenvalue weighted by Gasteiger charge is 2.61. The van der Waals surface area contributed by atoms with Crippen LogP contribution in [-0.4, -0.2) is 129 Å². The average Bonchev–Trinajstić information content (AvgIpc) is 3.56. The smallest absolute Gasteiger partial charge is 0.301 e. The second-order valence-electron chi connectivity index (χ2n) is 14.0. The van der Waals surface area contributed by atoms with E-state index >= 15 is 0 Å². The number of carbonyl (C=O) groups is 1. The molecule has 3 heterocycles. The molecule has 46 heavy (non-hydrogen) atoms. The number of methoxy groups -OCH3 is 1. The van der Waals surface area contributed by atoms with Gasteiger partial charge in [-0.3, -0.25) is 5.32 Å². The summed E-state index contributed by atoms with van der Waals surface area (Å²) in [7, 11) is 1.72. The molecule has 14 nitrogen and oxygen atoms in total. The monoisotopic (exact) mass is 653 g/mol. The number of nitrogens with zero attached hydrogens (tertiary/aromatic N) is 2. The van der Waals surface area contributed by atoms with Crippen molar-refractivity contribution < 1.29 is 59.1 Å². The van der Waals surface area contributed by atoms with Crippen LogP contribution in [0, 0.1) is 24.5 Å². The number of hydrogen-bond acceptors (Lipinski definition) is 12. The van der Waals surface area contributed by atoms with Gasteiger partial charge in [0.15, 0.2) is 30.1 Å². The molecule has 0 radical (unpaired) electrons. The van der Waals surface area contributed by atoms with Crippen LogP contribution in [0.1, 0.15) is 77.0 Å². The third kappa shape index (κ3) is 6.95. The Hall–Kier alpha value is -1.56. The van der Waals surface area contributed by atoms with Gasteiger partial charge >= 0.3 is 6.21 Å². The minimum atomic E-state index is -2.49. The van der Waals surface area contributed by atoms with Crippen molar-refractivity contribution in [2.24, 2.45) is 16.8 Å². The predicted octanol–water partition coefficient (Wildman–Crippen LogP) is -0.868. The van der Waals surface area contributed by atoms with Gasteiger partial charge in [0.1, 0.15) is 30.8 Å². The number of aliphatic hydroxyl groups excluding tert-OH is 4. The Morgan fingerprint density at radius 3 is 2.43 bits per heavy atom. The van der Waals surface area contributed by atoms with E-state index in [0.29, 0.717) is 6.42 Å². The lowest BCUT2D eigenvalue weighted by Crippen LogP contribution is -2.71. The van der Waals surface area contributed by atoms with E-state index in [1.807, 2.05) is 0 Å². The van der Waals surface area contributed by atoms with Gasteiger partial charge in [-0.25, -0.2) is 0 Å². The Bertz CT molecular complexity index is 1050. The van der Waals surface area contributed by atoms with Crippen LogP contribution in [0.3, 0.4) is 0 Å². The molecule has 2 saturated heterocycles. The second kappa shape index (κ2) is 14.5. The topological polar surface area (TPSA) is 217 Å². The van der Waals surface area contributed by atoms with Crippen molar-refractivity contribution in [3.05, 3.63) is 18.0 Å². The molecule has 6 N–H and O–H groups in total. The third-order valence-corrected chi connectivity index (χ3v) is 11.2. The molecule has 0 aromatic heterocycles. The van der Waals surface area contributed by atoms with Crippen molar-refractivity contribution in [1.82, 2.24) is 0 Å². The largest absolute Gasteiger partial charge is 0.547 e. The molecule has 6 aliphatic rings. The number of ether oxygens (including phenoxy) is 5. The zero-order chi connectivity index (χ0) is 32.6. The van der Waals surface area contributed by atoms with Crippen molar-refractivity contribution in [2.45, 2.75) is 156 Å². The number of aliphatic imine (C=N–C) groups is 1. The van der Waals surface area contributed by atoms with Gasteiger partial charge in [0, 0.05) is 25.9 Å². The van der Waals surface area contributed by atoms with Crippen molar-refractivity contribution in [2.75, 3.05) is 7.11 Å². The molecule has 3 aliphatic heterocycles. The summed E-state index contributed by atoms with van der Waals surface area (Å²) in [6.07, 6.45) is -2.19. The van der Waals surface area contributed by atoms with E-state index < -0.39 is 79.0 Å². The first kappa shape index (κ1) is 34.3. The molecule has 0 bridgehead atoms. The lowest BCUT2D eigenvalue weighted by Gasteiger charge is -2.51. The van der Waals surface area contributed by atoms with Crippen LogP contribution in [0.5, 0.6) is 0 Å². The van der Waals surface area contributed by atoms with E-state index in [9.17, 15) is 35.4 Å². The quantitative estimate of drug-likeness (QED) is 0.152. The number of aliphatic carboxylic acids is 1. The van der Waals surface area contributed by atoms with Gasteiger partial charge in [0.25, 0.3) is 0 Å². The van der Waals surface area contributed by atoms with E-state index in [4.69, 9.17) is 23.7 Å². The summed E-state index contributed by atoms with van der Waals surface area (Å²) < 4.78 is 29.0. The number of rotatable bonds is 9. The Morgan fingerprint density at radius 1 is 1.04 bits per heavy atom. The maximum Gasteiger partial charge on any atom is 0.301 e. The fraction of sp³-hybridized carbons (Fsp3) is 0.875. The van der Waals surface area contributed by atoms with Crippen LogP contribution in [0.25, 0.3) is 5.32 Å². The van der Waals surface area contributed by atoms with Crippen LogP contribution in [0.2, 0.25) is 0 Å². The lowest BCUT2D eigenvalue weighted by atomic mass is 9.71. The molecule has 5 fully saturated rings. The van der Waals surface area contributed by atoms with Gasteiger partial charge in [0.05, 0.1) is 49.1 Å². The molecular formula is C32H49N2O12+. The first-order valence-electron chi connectivity index (χ1n) is 16.8. The maximum absolute atomic E-state index is 12.2. The van der Waals surface area contributed by atoms with Crippen LogP contribution < -0.4 is 5.11 Å². The Labute approximate surface area is 269 Å². The van der Waals surface area contributed by atoms with Crippen LogP contribution in [-0.2, 0) is 23.7 Å². The molecular weight excluding hydrogens is 604 g/mol. The second-order valence-corrected chi connectivity index (χ2v) is 14.0. The van der Waals surface area contributed by atoms with E-state index in [1.54, 1.807) is 7.11 Å². The first-order valence-corrected chi connectivity index (χ1v) is 16.8.